The largest absolute Gasteiger partial charge is 0.353 e. The smallest absolute Gasteiger partial charge is 0.273 e. The van der Waals surface area contributed by atoms with Crippen molar-refractivity contribution in [2.24, 2.45) is 0 Å². The number of thiazole rings is 1. The van der Waals surface area contributed by atoms with Crippen LogP contribution in [0.1, 0.15) is 16.9 Å². The van der Waals surface area contributed by atoms with Crippen LogP contribution in [0.25, 0.3) is 10.2 Å². The second kappa shape index (κ2) is 7.48. The predicted molar refractivity (Wildman–Crippen MR) is 109 cm³/mol. The lowest BCUT2D eigenvalue weighted by molar-refractivity contribution is 0.0821. The highest BCUT2D eigenvalue weighted by Crippen LogP contribution is 2.29. The number of aromatic nitrogens is 3. The zero-order chi connectivity index (χ0) is 18.8. The Morgan fingerprint density at radius 2 is 1.81 bits per heavy atom. The minimum Gasteiger partial charge on any atom is -0.353 e. The molecule has 1 amide bonds. The van der Waals surface area contributed by atoms with Crippen LogP contribution in [0, 0.1) is 0 Å². The van der Waals surface area contributed by atoms with E-state index in [1.807, 2.05) is 6.07 Å². The number of hydrogen-bond donors (Lipinski definition) is 0. The molecule has 0 aliphatic carbocycles. The van der Waals surface area contributed by atoms with Crippen molar-refractivity contribution in [1.82, 2.24) is 19.9 Å². The monoisotopic (exact) mass is 382 g/mol. The molecule has 1 aliphatic heterocycles. The van der Waals surface area contributed by atoms with E-state index in [4.69, 9.17) is 4.98 Å². The summed E-state index contributed by atoms with van der Waals surface area (Å²) in [5.74, 6) is 0.629. The molecular weight excluding hydrogens is 360 g/mol. The number of para-hydroxylation sites is 1. The molecule has 2 aromatic heterocycles. The topological polar surface area (TPSA) is 65.5 Å². The summed E-state index contributed by atoms with van der Waals surface area (Å²) in [5.41, 5.74) is 1.43. The first-order valence-electron chi connectivity index (χ1n) is 9.01. The highest BCUT2D eigenvalue weighted by atomic mass is 32.1. The van der Waals surface area contributed by atoms with E-state index in [-0.39, 0.29) is 5.91 Å². The van der Waals surface area contributed by atoms with E-state index in [2.05, 4.69) is 38.0 Å². The van der Waals surface area contributed by atoms with Crippen LogP contribution in [-0.2, 0) is 0 Å². The van der Waals surface area contributed by atoms with Gasteiger partial charge in [-0.25, -0.2) is 9.97 Å². The van der Waals surface area contributed by atoms with Crippen molar-refractivity contribution in [3.63, 3.8) is 0 Å². The number of benzene rings is 1. The fourth-order valence-electron chi connectivity index (χ4n) is 3.17. The van der Waals surface area contributed by atoms with Crippen LogP contribution in [0.2, 0.25) is 0 Å². The Kier molecular flexibility index (Phi) is 4.89. The van der Waals surface area contributed by atoms with E-state index in [1.54, 1.807) is 31.6 Å². The molecule has 0 bridgehead atoms. The van der Waals surface area contributed by atoms with Crippen LogP contribution in [0.3, 0.4) is 0 Å². The van der Waals surface area contributed by atoms with Gasteiger partial charge in [-0.3, -0.25) is 9.78 Å². The van der Waals surface area contributed by atoms with Crippen molar-refractivity contribution in [3.8, 4) is 0 Å². The highest BCUT2D eigenvalue weighted by Gasteiger charge is 2.20. The maximum Gasteiger partial charge on any atom is 0.273 e. The number of anilines is 2. The van der Waals surface area contributed by atoms with Crippen LogP contribution in [0.15, 0.2) is 36.7 Å². The van der Waals surface area contributed by atoms with Crippen molar-refractivity contribution in [3.05, 3.63) is 42.4 Å². The SMILES string of the molecule is CN(C)C(=O)c1cncc(N2CCCN(c3nc4ccccc4s3)CC2)n1. The number of rotatable bonds is 3. The summed E-state index contributed by atoms with van der Waals surface area (Å²) in [4.78, 5) is 31.8. The lowest BCUT2D eigenvalue weighted by Crippen LogP contribution is -2.32. The Labute approximate surface area is 162 Å². The van der Waals surface area contributed by atoms with E-state index in [9.17, 15) is 4.79 Å². The van der Waals surface area contributed by atoms with Gasteiger partial charge in [0.05, 0.1) is 22.6 Å². The number of fused-ring (bicyclic) bond motifs is 1. The quantitative estimate of drug-likeness (QED) is 0.693. The van der Waals surface area contributed by atoms with Crippen molar-refractivity contribution >= 4 is 38.4 Å². The molecule has 0 saturated carbocycles. The third kappa shape index (κ3) is 3.71. The van der Waals surface area contributed by atoms with Gasteiger partial charge in [-0.2, -0.15) is 0 Å². The molecule has 8 heteroatoms. The molecule has 0 spiro atoms. The molecule has 27 heavy (non-hydrogen) atoms. The molecule has 0 unspecified atom stereocenters. The van der Waals surface area contributed by atoms with Crippen molar-refractivity contribution in [1.29, 1.82) is 0 Å². The van der Waals surface area contributed by atoms with Gasteiger partial charge in [0.1, 0.15) is 11.5 Å². The Hall–Kier alpha value is -2.74. The summed E-state index contributed by atoms with van der Waals surface area (Å²) in [5, 5.41) is 1.07. The fourth-order valence-corrected chi connectivity index (χ4v) is 4.19. The normalized spacial score (nSPS) is 15.0. The van der Waals surface area contributed by atoms with Crippen molar-refractivity contribution in [2.75, 3.05) is 50.1 Å². The molecule has 0 N–H and O–H groups in total. The Morgan fingerprint density at radius 3 is 2.63 bits per heavy atom. The van der Waals surface area contributed by atoms with E-state index < -0.39 is 0 Å². The van der Waals surface area contributed by atoms with Gasteiger partial charge >= 0.3 is 0 Å². The molecule has 0 atom stereocenters. The molecule has 3 heterocycles. The van der Waals surface area contributed by atoms with Crippen LogP contribution >= 0.6 is 11.3 Å². The average Bonchev–Trinajstić information content (AvgIpc) is 2.96. The fraction of sp³-hybridized carbons (Fsp3) is 0.368. The van der Waals surface area contributed by atoms with Gasteiger partial charge in [0, 0.05) is 40.3 Å². The number of amides is 1. The summed E-state index contributed by atoms with van der Waals surface area (Å²) in [6.07, 6.45) is 4.26. The number of carbonyl (C=O) groups excluding carboxylic acids is 1. The summed E-state index contributed by atoms with van der Waals surface area (Å²) in [7, 11) is 3.44. The van der Waals surface area contributed by atoms with Crippen molar-refractivity contribution in [2.45, 2.75) is 6.42 Å². The Balaban J connectivity index is 1.50. The average molecular weight is 382 g/mol. The maximum absolute atomic E-state index is 12.2. The van der Waals surface area contributed by atoms with Gasteiger partial charge in [-0.15, -0.1) is 0 Å². The third-order valence-corrected chi connectivity index (χ3v) is 5.72. The van der Waals surface area contributed by atoms with Gasteiger partial charge in [0.15, 0.2) is 5.13 Å². The minimum atomic E-state index is -0.129. The predicted octanol–water partition coefficient (Wildman–Crippen LogP) is 2.50. The van der Waals surface area contributed by atoms with Crippen LogP contribution in [0.5, 0.6) is 0 Å². The molecule has 1 fully saturated rings. The van der Waals surface area contributed by atoms with Gasteiger partial charge in [-0.1, -0.05) is 23.5 Å². The summed E-state index contributed by atoms with van der Waals surface area (Å²) in [6.45, 7) is 3.54. The Morgan fingerprint density at radius 1 is 1.04 bits per heavy atom. The van der Waals surface area contributed by atoms with Crippen LogP contribution in [0.4, 0.5) is 10.9 Å². The molecule has 1 saturated heterocycles. The van der Waals surface area contributed by atoms with Gasteiger partial charge in [0.25, 0.3) is 5.91 Å². The molecule has 0 radical (unpaired) electrons. The molecule has 1 aromatic carbocycles. The highest BCUT2D eigenvalue weighted by molar-refractivity contribution is 7.22. The van der Waals surface area contributed by atoms with Gasteiger partial charge < -0.3 is 14.7 Å². The lowest BCUT2D eigenvalue weighted by atomic mass is 10.3. The maximum atomic E-state index is 12.2. The summed E-state index contributed by atoms with van der Waals surface area (Å²) >= 11 is 1.74. The molecule has 4 rings (SSSR count). The van der Waals surface area contributed by atoms with Gasteiger partial charge in [-0.05, 0) is 18.6 Å². The van der Waals surface area contributed by atoms with E-state index in [1.165, 1.54) is 15.8 Å². The first kappa shape index (κ1) is 17.7. The lowest BCUT2D eigenvalue weighted by Gasteiger charge is -2.22. The van der Waals surface area contributed by atoms with Crippen molar-refractivity contribution < 1.29 is 4.79 Å². The van der Waals surface area contributed by atoms with Crippen LogP contribution in [-0.4, -0.2) is 66.0 Å². The minimum absolute atomic E-state index is 0.129. The number of nitrogens with zero attached hydrogens (tertiary/aromatic N) is 6. The molecule has 1 aliphatic rings. The third-order valence-electron chi connectivity index (χ3n) is 4.62. The zero-order valence-corrected chi connectivity index (χ0v) is 16.3. The molecular formula is C19H22N6OS. The Bertz CT molecular complexity index is 923. The molecule has 140 valence electrons. The first-order valence-corrected chi connectivity index (χ1v) is 9.82. The molecule has 3 aromatic rings. The second-order valence-corrected chi connectivity index (χ2v) is 7.76. The number of carbonyl (C=O) groups is 1. The van der Waals surface area contributed by atoms with E-state index in [0.717, 1.165) is 49.1 Å². The molecule has 7 nitrogen and oxygen atoms in total. The van der Waals surface area contributed by atoms with Gasteiger partial charge in [0.2, 0.25) is 0 Å². The van der Waals surface area contributed by atoms with E-state index in [0.29, 0.717) is 5.69 Å². The number of hydrogen-bond acceptors (Lipinski definition) is 7. The van der Waals surface area contributed by atoms with E-state index >= 15 is 0 Å². The standard InChI is InChI=1S/C19H22N6OS/c1-23(2)18(26)15-12-20-13-17(21-15)24-8-5-9-25(11-10-24)19-22-14-6-3-4-7-16(14)27-19/h3-4,6-7,12-13H,5,8-11H2,1-2H3. The summed E-state index contributed by atoms with van der Waals surface area (Å²) < 4.78 is 1.22. The zero-order valence-electron chi connectivity index (χ0n) is 15.5. The second-order valence-electron chi connectivity index (χ2n) is 6.75. The van der Waals surface area contributed by atoms with Crippen LogP contribution < -0.4 is 9.80 Å². The first-order chi connectivity index (χ1) is 13.1. The summed E-state index contributed by atoms with van der Waals surface area (Å²) in [6, 6.07) is 8.25.